The Balaban J connectivity index is 1.55. The van der Waals surface area contributed by atoms with Crippen molar-refractivity contribution in [1.82, 2.24) is 0 Å². The SMILES string of the molecule is O=C(OCCOCC1CCCO1)C1/C=C\CCCCC1. The van der Waals surface area contributed by atoms with Crippen molar-refractivity contribution in [2.24, 2.45) is 5.92 Å². The van der Waals surface area contributed by atoms with E-state index in [4.69, 9.17) is 14.2 Å². The normalized spacial score (nSPS) is 28.6. The molecule has 1 aliphatic heterocycles. The second-order valence-electron chi connectivity index (χ2n) is 5.55. The Morgan fingerprint density at radius 1 is 1.15 bits per heavy atom. The summed E-state index contributed by atoms with van der Waals surface area (Å²) >= 11 is 0. The maximum Gasteiger partial charge on any atom is 0.312 e. The summed E-state index contributed by atoms with van der Waals surface area (Å²) < 4.78 is 16.2. The van der Waals surface area contributed by atoms with Crippen LogP contribution in [0.2, 0.25) is 0 Å². The summed E-state index contributed by atoms with van der Waals surface area (Å²) in [6, 6.07) is 0. The van der Waals surface area contributed by atoms with E-state index in [2.05, 4.69) is 6.08 Å². The minimum atomic E-state index is -0.108. The van der Waals surface area contributed by atoms with Crippen LogP contribution in [0.5, 0.6) is 0 Å². The lowest BCUT2D eigenvalue weighted by Crippen LogP contribution is -2.21. The Labute approximate surface area is 121 Å². The first-order chi connectivity index (χ1) is 9.86. The second-order valence-corrected chi connectivity index (χ2v) is 5.55. The fourth-order valence-corrected chi connectivity index (χ4v) is 2.66. The monoisotopic (exact) mass is 282 g/mol. The van der Waals surface area contributed by atoms with Gasteiger partial charge in [0.25, 0.3) is 0 Å². The summed E-state index contributed by atoms with van der Waals surface area (Å²) in [6.07, 6.45) is 12.1. The summed E-state index contributed by atoms with van der Waals surface area (Å²) in [4.78, 5) is 11.9. The Morgan fingerprint density at radius 2 is 2.10 bits per heavy atom. The lowest BCUT2D eigenvalue weighted by atomic mass is 9.97. The molecule has 2 aliphatic rings. The van der Waals surface area contributed by atoms with E-state index in [0.29, 0.717) is 19.8 Å². The van der Waals surface area contributed by atoms with Crippen LogP contribution in [0.1, 0.15) is 44.9 Å². The Kier molecular flexibility index (Phi) is 7.09. The van der Waals surface area contributed by atoms with E-state index < -0.39 is 0 Å². The number of carbonyl (C=O) groups is 1. The molecule has 0 aromatic heterocycles. The fourth-order valence-electron chi connectivity index (χ4n) is 2.66. The molecule has 0 bridgehead atoms. The lowest BCUT2D eigenvalue weighted by Gasteiger charge is -2.15. The zero-order valence-corrected chi connectivity index (χ0v) is 12.2. The predicted octanol–water partition coefficient (Wildman–Crippen LogP) is 2.86. The maximum atomic E-state index is 11.9. The third-order valence-electron chi connectivity index (χ3n) is 3.86. The largest absolute Gasteiger partial charge is 0.463 e. The molecule has 1 saturated heterocycles. The third-order valence-corrected chi connectivity index (χ3v) is 3.86. The summed E-state index contributed by atoms with van der Waals surface area (Å²) in [6.45, 7) is 2.26. The Bertz CT molecular complexity index is 308. The molecule has 0 amide bonds. The zero-order chi connectivity index (χ0) is 14.0. The van der Waals surface area contributed by atoms with Gasteiger partial charge < -0.3 is 14.2 Å². The van der Waals surface area contributed by atoms with Crippen molar-refractivity contribution in [2.75, 3.05) is 26.4 Å². The smallest absolute Gasteiger partial charge is 0.312 e. The van der Waals surface area contributed by atoms with Crippen molar-refractivity contribution in [2.45, 2.75) is 51.0 Å². The topological polar surface area (TPSA) is 44.8 Å². The van der Waals surface area contributed by atoms with E-state index in [9.17, 15) is 4.79 Å². The molecular formula is C16H26O4. The van der Waals surface area contributed by atoms with Gasteiger partial charge in [-0.1, -0.05) is 25.0 Å². The number of rotatable bonds is 6. The summed E-state index contributed by atoms with van der Waals surface area (Å²) in [7, 11) is 0. The van der Waals surface area contributed by atoms with Crippen molar-refractivity contribution < 1.29 is 19.0 Å². The van der Waals surface area contributed by atoms with Crippen LogP contribution in [-0.4, -0.2) is 38.5 Å². The first-order valence-corrected chi connectivity index (χ1v) is 7.89. The molecule has 2 unspecified atom stereocenters. The van der Waals surface area contributed by atoms with Crippen molar-refractivity contribution in [3.05, 3.63) is 12.2 Å². The Morgan fingerprint density at radius 3 is 2.95 bits per heavy atom. The molecule has 1 fully saturated rings. The second kappa shape index (κ2) is 9.14. The molecule has 20 heavy (non-hydrogen) atoms. The molecule has 4 nitrogen and oxygen atoms in total. The molecule has 2 rings (SSSR count). The number of hydrogen-bond acceptors (Lipinski definition) is 4. The van der Waals surface area contributed by atoms with Crippen molar-refractivity contribution in [1.29, 1.82) is 0 Å². The van der Waals surface area contributed by atoms with Gasteiger partial charge in [0.1, 0.15) is 6.61 Å². The first-order valence-electron chi connectivity index (χ1n) is 7.89. The average molecular weight is 282 g/mol. The molecule has 1 heterocycles. The molecule has 0 aromatic carbocycles. The molecule has 114 valence electrons. The van der Waals surface area contributed by atoms with E-state index in [1.165, 1.54) is 12.8 Å². The molecular weight excluding hydrogens is 256 g/mol. The quantitative estimate of drug-likeness (QED) is 0.427. The van der Waals surface area contributed by atoms with E-state index in [1.807, 2.05) is 6.08 Å². The molecule has 0 spiro atoms. The van der Waals surface area contributed by atoms with E-state index in [0.717, 1.165) is 38.7 Å². The van der Waals surface area contributed by atoms with Gasteiger partial charge in [0.15, 0.2) is 0 Å². The van der Waals surface area contributed by atoms with Crippen molar-refractivity contribution in [3.63, 3.8) is 0 Å². The van der Waals surface area contributed by atoms with Crippen LogP contribution < -0.4 is 0 Å². The highest BCUT2D eigenvalue weighted by atomic mass is 16.6. The highest BCUT2D eigenvalue weighted by Gasteiger charge is 2.18. The summed E-state index contributed by atoms with van der Waals surface area (Å²) in [5.74, 6) is -0.169. The molecule has 4 heteroatoms. The molecule has 1 aliphatic carbocycles. The number of carbonyl (C=O) groups excluding carboxylic acids is 1. The average Bonchev–Trinajstić information content (AvgIpc) is 2.91. The molecule has 2 atom stereocenters. The van der Waals surface area contributed by atoms with E-state index in [-0.39, 0.29) is 18.0 Å². The molecule has 0 N–H and O–H groups in total. The van der Waals surface area contributed by atoms with Crippen LogP contribution >= 0.6 is 0 Å². The number of hydrogen-bond donors (Lipinski definition) is 0. The van der Waals surface area contributed by atoms with Gasteiger partial charge >= 0.3 is 5.97 Å². The van der Waals surface area contributed by atoms with Gasteiger partial charge in [0, 0.05) is 6.61 Å². The van der Waals surface area contributed by atoms with Crippen LogP contribution in [0, 0.1) is 5.92 Å². The van der Waals surface area contributed by atoms with Crippen LogP contribution in [0.3, 0.4) is 0 Å². The fraction of sp³-hybridized carbons (Fsp3) is 0.812. The molecule has 0 radical (unpaired) electrons. The number of ether oxygens (including phenoxy) is 3. The number of allylic oxidation sites excluding steroid dienone is 1. The van der Waals surface area contributed by atoms with E-state index >= 15 is 0 Å². The van der Waals surface area contributed by atoms with Gasteiger partial charge in [0.2, 0.25) is 0 Å². The van der Waals surface area contributed by atoms with Crippen LogP contribution in [0.4, 0.5) is 0 Å². The van der Waals surface area contributed by atoms with Gasteiger partial charge in [-0.15, -0.1) is 0 Å². The van der Waals surface area contributed by atoms with Crippen molar-refractivity contribution >= 4 is 5.97 Å². The summed E-state index contributed by atoms with van der Waals surface area (Å²) in [5.41, 5.74) is 0. The van der Waals surface area contributed by atoms with Crippen LogP contribution in [-0.2, 0) is 19.0 Å². The maximum absolute atomic E-state index is 11.9. The Hall–Kier alpha value is -0.870. The van der Waals surface area contributed by atoms with Crippen LogP contribution in [0.25, 0.3) is 0 Å². The third kappa shape index (κ3) is 5.63. The highest BCUT2D eigenvalue weighted by molar-refractivity contribution is 5.74. The van der Waals surface area contributed by atoms with Crippen molar-refractivity contribution in [3.8, 4) is 0 Å². The molecule has 0 saturated carbocycles. The molecule has 0 aromatic rings. The van der Waals surface area contributed by atoms with Gasteiger partial charge in [-0.3, -0.25) is 4.79 Å². The van der Waals surface area contributed by atoms with Gasteiger partial charge in [0.05, 0.1) is 25.2 Å². The van der Waals surface area contributed by atoms with Gasteiger partial charge in [-0.25, -0.2) is 0 Å². The minimum Gasteiger partial charge on any atom is -0.463 e. The minimum absolute atomic E-state index is 0.0616. The van der Waals surface area contributed by atoms with Crippen LogP contribution in [0.15, 0.2) is 12.2 Å². The lowest BCUT2D eigenvalue weighted by molar-refractivity contribution is -0.149. The zero-order valence-electron chi connectivity index (χ0n) is 12.2. The summed E-state index contributed by atoms with van der Waals surface area (Å²) in [5, 5.41) is 0. The number of esters is 1. The standard InChI is InChI=1S/C16H26O4/c17-16(14-7-4-2-1-3-5-8-14)20-12-11-18-13-15-9-6-10-19-15/h4,7,14-15H,1-3,5-6,8-13H2/b7-4-. The predicted molar refractivity (Wildman–Crippen MR) is 76.5 cm³/mol. The van der Waals surface area contributed by atoms with Gasteiger partial charge in [-0.05, 0) is 32.1 Å². The van der Waals surface area contributed by atoms with Gasteiger partial charge in [-0.2, -0.15) is 0 Å². The van der Waals surface area contributed by atoms with E-state index in [1.54, 1.807) is 0 Å². The first kappa shape index (κ1) is 15.5. The highest BCUT2D eigenvalue weighted by Crippen LogP contribution is 2.18.